The van der Waals surface area contributed by atoms with Gasteiger partial charge in [0.1, 0.15) is 5.75 Å². The molecule has 26 heavy (non-hydrogen) atoms. The summed E-state index contributed by atoms with van der Waals surface area (Å²) in [4.78, 5) is 14.7. The quantitative estimate of drug-likeness (QED) is 0.713. The first-order chi connectivity index (χ1) is 12.6. The number of rotatable bonds is 7. The summed E-state index contributed by atoms with van der Waals surface area (Å²) in [7, 11) is 0. The molecule has 1 aliphatic rings. The number of hydrogen-bond donors (Lipinski definition) is 3. The number of nitrogens with one attached hydrogen (secondary N) is 2. The Kier molecular flexibility index (Phi) is 6.12. The number of amides is 1. The van der Waals surface area contributed by atoms with Gasteiger partial charge in [-0.1, -0.05) is 18.2 Å². The first-order valence-electron chi connectivity index (χ1n) is 9.26. The molecule has 1 amide bonds. The summed E-state index contributed by atoms with van der Waals surface area (Å²) in [5, 5.41) is 15.8. The number of anilines is 2. The number of hydrogen-bond acceptors (Lipinski definition) is 4. The fourth-order valence-electron chi connectivity index (χ4n) is 3.28. The number of nitrogens with zero attached hydrogens (tertiary/aromatic N) is 1. The lowest BCUT2D eigenvalue weighted by Crippen LogP contribution is -2.30. The second-order valence-electron chi connectivity index (χ2n) is 6.95. The Hall–Kier alpha value is -2.53. The second kappa shape index (κ2) is 8.72. The van der Waals surface area contributed by atoms with Crippen molar-refractivity contribution in [1.82, 2.24) is 5.32 Å². The average molecular weight is 353 g/mol. The molecule has 1 fully saturated rings. The van der Waals surface area contributed by atoms with Crippen molar-refractivity contribution in [3.8, 4) is 5.75 Å². The SMILES string of the molecule is CC(CC(=O)Nc1cccc(N2CCCC2)c1)NCc1cccc(O)c1. The summed E-state index contributed by atoms with van der Waals surface area (Å²) in [6, 6.07) is 15.3. The number of carbonyl (C=O) groups excluding carboxylic acids is 1. The standard InChI is InChI=1S/C21H27N3O2/c1-16(22-15-17-6-4-9-20(25)13-17)12-21(26)23-18-7-5-8-19(14-18)24-10-2-3-11-24/h4-9,13-14,16,22,25H,2-3,10-12,15H2,1H3,(H,23,26). The van der Waals surface area contributed by atoms with Crippen LogP contribution in [0.25, 0.3) is 0 Å². The summed E-state index contributed by atoms with van der Waals surface area (Å²) in [6.07, 6.45) is 2.87. The third kappa shape index (κ3) is 5.23. The predicted molar refractivity (Wildman–Crippen MR) is 106 cm³/mol. The van der Waals surface area contributed by atoms with Crippen molar-refractivity contribution >= 4 is 17.3 Å². The minimum Gasteiger partial charge on any atom is -0.508 e. The van der Waals surface area contributed by atoms with Gasteiger partial charge >= 0.3 is 0 Å². The van der Waals surface area contributed by atoms with E-state index in [0.717, 1.165) is 24.3 Å². The smallest absolute Gasteiger partial charge is 0.225 e. The lowest BCUT2D eigenvalue weighted by atomic mass is 10.1. The van der Waals surface area contributed by atoms with Crippen molar-refractivity contribution in [2.24, 2.45) is 0 Å². The maximum Gasteiger partial charge on any atom is 0.225 e. The van der Waals surface area contributed by atoms with E-state index in [2.05, 4.69) is 21.6 Å². The lowest BCUT2D eigenvalue weighted by molar-refractivity contribution is -0.116. The van der Waals surface area contributed by atoms with Gasteiger partial charge in [-0.25, -0.2) is 0 Å². The molecule has 0 radical (unpaired) electrons. The highest BCUT2D eigenvalue weighted by Gasteiger charge is 2.13. The maximum absolute atomic E-state index is 12.3. The highest BCUT2D eigenvalue weighted by atomic mass is 16.3. The first-order valence-corrected chi connectivity index (χ1v) is 9.26. The van der Waals surface area contributed by atoms with Crippen molar-refractivity contribution in [3.05, 3.63) is 54.1 Å². The van der Waals surface area contributed by atoms with Crippen molar-refractivity contribution in [2.75, 3.05) is 23.3 Å². The van der Waals surface area contributed by atoms with Gasteiger partial charge < -0.3 is 20.6 Å². The fraction of sp³-hybridized carbons (Fsp3) is 0.381. The molecule has 2 aromatic rings. The number of benzene rings is 2. The largest absolute Gasteiger partial charge is 0.508 e. The van der Waals surface area contributed by atoms with Crippen LogP contribution >= 0.6 is 0 Å². The molecule has 5 heteroatoms. The third-order valence-corrected chi connectivity index (χ3v) is 4.66. The number of carbonyl (C=O) groups is 1. The molecule has 0 spiro atoms. The number of phenols is 1. The molecule has 0 bridgehead atoms. The Balaban J connectivity index is 1.48. The normalized spacial score (nSPS) is 15.0. The van der Waals surface area contributed by atoms with Crippen LogP contribution in [0.2, 0.25) is 0 Å². The van der Waals surface area contributed by atoms with Crippen LogP contribution < -0.4 is 15.5 Å². The zero-order valence-corrected chi connectivity index (χ0v) is 15.2. The van der Waals surface area contributed by atoms with Crippen LogP contribution in [0.4, 0.5) is 11.4 Å². The zero-order chi connectivity index (χ0) is 18.4. The average Bonchev–Trinajstić information content (AvgIpc) is 3.15. The topological polar surface area (TPSA) is 64.6 Å². The molecule has 0 saturated carbocycles. The molecule has 5 nitrogen and oxygen atoms in total. The van der Waals surface area contributed by atoms with E-state index in [1.807, 2.05) is 37.3 Å². The Bertz CT molecular complexity index is 742. The number of aromatic hydroxyl groups is 1. The summed E-state index contributed by atoms with van der Waals surface area (Å²) >= 11 is 0. The molecule has 3 rings (SSSR count). The minimum absolute atomic E-state index is 0.000481. The molecule has 2 aromatic carbocycles. The summed E-state index contributed by atoms with van der Waals surface area (Å²) in [5.41, 5.74) is 3.02. The van der Waals surface area contributed by atoms with Crippen LogP contribution in [0.5, 0.6) is 5.75 Å². The van der Waals surface area contributed by atoms with Crippen LogP contribution in [0.1, 0.15) is 31.7 Å². The highest BCUT2D eigenvalue weighted by molar-refractivity contribution is 5.91. The Labute approximate surface area is 155 Å². The van der Waals surface area contributed by atoms with E-state index in [1.54, 1.807) is 12.1 Å². The summed E-state index contributed by atoms with van der Waals surface area (Å²) in [6.45, 7) is 4.79. The van der Waals surface area contributed by atoms with Crippen LogP contribution in [-0.2, 0) is 11.3 Å². The highest BCUT2D eigenvalue weighted by Crippen LogP contribution is 2.23. The van der Waals surface area contributed by atoms with Crippen LogP contribution in [0.3, 0.4) is 0 Å². The van der Waals surface area contributed by atoms with Crippen molar-refractivity contribution in [1.29, 1.82) is 0 Å². The van der Waals surface area contributed by atoms with E-state index in [0.29, 0.717) is 13.0 Å². The fourth-order valence-corrected chi connectivity index (χ4v) is 3.28. The van der Waals surface area contributed by atoms with Gasteiger partial charge in [0.25, 0.3) is 0 Å². The Morgan fingerprint density at radius 1 is 1.15 bits per heavy atom. The van der Waals surface area contributed by atoms with E-state index in [-0.39, 0.29) is 17.7 Å². The molecule has 0 aliphatic carbocycles. The molecule has 1 heterocycles. The molecule has 3 N–H and O–H groups in total. The molecule has 1 aliphatic heterocycles. The second-order valence-corrected chi connectivity index (χ2v) is 6.95. The predicted octanol–water partition coefficient (Wildman–Crippen LogP) is 3.50. The van der Waals surface area contributed by atoms with Gasteiger partial charge in [-0.3, -0.25) is 4.79 Å². The van der Waals surface area contributed by atoms with Gasteiger partial charge in [0, 0.05) is 43.5 Å². The molecule has 1 saturated heterocycles. The van der Waals surface area contributed by atoms with E-state index in [1.165, 1.54) is 18.5 Å². The summed E-state index contributed by atoms with van der Waals surface area (Å²) in [5.74, 6) is 0.257. The Morgan fingerprint density at radius 3 is 2.69 bits per heavy atom. The van der Waals surface area contributed by atoms with Gasteiger partial charge in [-0.15, -0.1) is 0 Å². The van der Waals surface area contributed by atoms with Crippen molar-refractivity contribution in [3.63, 3.8) is 0 Å². The van der Waals surface area contributed by atoms with Gasteiger partial charge in [-0.2, -0.15) is 0 Å². The van der Waals surface area contributed by atoms with Crippen LogP contribution in [0, 0.1) is 0 Å². The molecule has 1 unspecified atom stereocenters. The third-order valence-electron chi connectivity index (χ3n) is 4.66. The van der Waals surface area contributed by atoms with Gasteiger partial charge in [0.05, 0.1) is 0 Å². The van der Waals surface area contributed by atoms with Crippen LogP contribution in [-0.4, -0.2) is 30.1 Å². The molecule has 0 aromatic heterocycles. The van der Waals surface area contributed by atoms with E-state index < -0.39 is 0 Å². The zero-order valence-electron chi connectivity index (χ0n) is 15.2. The Morgan fingerprint density at radius 2 is 1.92 bits per heavy atom. The van der Waals surface area contributed by atoms with Gasteiger partial charge in [-0.05, 0) is 55.7 Å². The van der Waals surface area contributed by atoms with Crippen molar-refractivity contribution in [2.45, 2.75) is 38.8 Å². The van der Waals surface area contributed by atoms with E-state index in [4.69, 9.17) is 0 Å². The minimum atomic E-state index is -0.000481. The van der Waals surface area contributed by atoms with Gasteiger partial charge in [0.2, 0.25) is 5.91 Å². The van der Waals surface area contributed by atoms with Gasteiger partial charge in [0.15, 0.2) is 0 Å². The molecule has 138 valence electrons. The van der Waals surface area contributed by atoms with Crippen LogP contribution in [0.15, 0.2) is 48.5 Å². The number of phenolic OH excluding ortho intramolecular Hbond substituents is 1. The lowest BCUT2D eigenvalue weighted by Gasteiger charge is -2.19. The maximum atomic E-state index is 12.3. The molecule has 1 atom stereocenters. The van der Waals surface area contributed by atoms with Crippen molar-refractivity contribution < 1.29 is 9.90 Å². The molecular weight excluding hydrogens is 326 g/mol. The first kappa shape index (κ1) is 18.3. The van der Waals surface area contributed by atoms with E-state index >= 15 is 0 Å². The monoisotopic (exact) mass is 353 g/mol. The summed E-state index contributed by atoms with van der Waals surface area (Å²) < 4.78 is 0. The molecular formula is C21H27N3O2. The van der Waals surface area contributed by atoms with E-state index in [9.17, 15) is 9.90 Å².